The van der Waals surface area contributed by atoms with Crippen LogP contribution in [0.25, 0.3) is 0 Å². The Kier molecular flexibility index (Phi) is 4.62. The van der Waals surface area contributed by atoms with Gasteiger partial charge in [-0.25, -0.2) is 4.79 Å². The minimum absolute atomic E-state index is 0.0485. The highest BCUT2D eigenvalue weighted by atomic mass is 16.2. The van der Waals surface area contributed by atoms with E-state index in [1.54, 1.807) is 0 Å². The number of nitrogens with zero attached hydrogens (tertiary/aromatic N) is 2. The van der Waals surface area contributed by atoms with Crippen molar-refractivity contribution in [3.05, 3.63) is 29.8 Å². The van der Waals surface area contributed by atoms with E-state index < -0.39 is 0 Å². The second-order valence-electron chi connectivity index (χ2n) is 7.72. The smallest absolute Gasteiger partial charge is 0.321 e. The van der Waals surface area contributed by atoms with E-state index in [0.29, 0.717) is 11.3 Å². The first-order valence-corrected chi connectivity index (χ1v) is 8.82. The largest absolute Gasteiger partial charge is 0.324 e. The second-order valence-corrected chi connectivity index (χ2v) is 7.72. The molecule has 2 aliphatic heterocycles. The molecule has 2 fully saturated rings. The number of nitrogens with one attached hydrogen (secondary N) is 1. The zero-order valence-electron chi connectivity index (χ0n) is 14.6. The van der Waals surface area contributed by atoms with Crippen LogP contribution in [0.15, 0.2) is 24.3 Å². The summed E-state index contributed by atoms with van der Waals surface area (Å²) in [6, 6.07) is 8.26. The van der Waals surface area contributed by atoms with Gasteiger partial charge in [0, 0.05) is 30.7 Å². The fourth-order valence-corrected chi connectivity index (χ4v) is 4.05. The van der Waals surface area contributed by atoms with Gasteiger partial charge in [-0.2, -0.15) is 0 Å². The van der Waals surface area contributed by atoms with E-state index in [4.69, 9.17) is 0 Å². The standard InChI is InChI=1S/C19H29N3O/c1-15(2)16-5-7-17(8-6-16)20-18(23)22-12-10-19(14-22)9-4-11-21(3)13-19/h5-8,15H,4,9-14H2,1-3H3,(H,20,23). The molecule has 2 saturated heterocycles. The van der Waals surface area contributed by atoms with Crippen molar-refractivity contribution >= 4 is 11.7 Å². The summed E-state index contributed by atoms with van der Waals surface area (Å²) in [5.41, 5.74) is 2.51. The molecule has 126 valence electrons. The summed E-state index contributed by atoms with van der Waals surface area (Å²) < 4.78 is 0. The van der Waals surface area contributed by atoms with Crippen LogP contribution in [0.4, 0.5) is 10.5 Å². The highest BCUT2D eigenvalue weighted by Crippen LogP contribution is 2.38. The normalized spacial score (nSPS) is 25.3. The molecule has 0 aliphatic carbocycles. The van der Waals surface area contributed by atoms with Crippen molar-refractivity contribution in [3.63, 3.8) is 0 Å². The van der Waals surface area contributed by atoms with Gasteiger partial charge in [0.1, 0.15) is 0 Å². The first-order valence-electron chi connectivity index (χ1n) is 8.82. The number of anilines is 1. The predicted octanol–water partition coefficient (Wildman–Crippen LogP) is 3.76. The van der Waals surface area contributed by atoms with E-state index in [-0.39, 0.29) is 6.03 Å². The van der Waals surface area contributed by atoms with E-state index in [1.165, 1.54) is 24.9 Å². The van der Waals surface area contributed by atoms with Crippen molar-refractivity contribution < 1.29 is 4.79 Å². The number of piperidine rings is 1. The third-order valence-electron chi connectivity index (χ3n) is 5.41. The van der Waals surface area contributed by atoms with Crippen LogP contribution in [0.3, 0.4) is 0 Å². The number of carbonyl (C=O) groups is 1. The molecule has 1 N–H and O–H groups in total. The van der Waals surface area contributed by atoms with Gasteiger partial charge in [-0.05, 0) is 56.5 Å². The summed E-state index contributed by atoms with van der Waals surface area (Å²) in [4.78, 5) is 17.0. The van der Waals surface area contributed by atoms with Crippen LogP contribution >= 0.6 is 0 Å². The lowest BCUT2D eigenvalue weighted by atomic mass is 9.79. The van der Waals surface area contributed by atoms with Crippen LogP contribution in [-0.4, -0.2) is 49.1 Å². The van der Waals surface area contributed by atoms with Gasteiger partial charge in [0.25, 0.3) is 0 Å². The third kappa shape index (κ3) is 3.69. The average Bonchev–Trinajstić information content (AvgIpc) is 2.91. The lowest BCUT2D eigenvalue weighted by Gasteiger charge is -2.38. The fraction of sp³-hybridized carbons (Fsp3) is 0.632. The number of hydrogen-bond donors (Lipinski definition) is 1. The van der Waals surface area contributed by atoms with Crippen molar-refractivity contribution in [1.29, 1.82) is 0 Å². The number of carbonyl (C=O) groups excluding carboxylic acids is 1. The maximum Gasteiger partial charge on any atom is 0.321 e. The Balaban J connectivity index is 1.59. The number of benzene rings is 1. The summed E-state index contributed by atoms with van der Waals surface area (Å²) in [5.74, 6) is 0.515. The van der Waals surface area contributed by atoms with Crippen molar-refractivity contribution in [2.45, 2.75) is 39.0 Å². The van der Waals surface area contributed by atoms with Crippen LogP contribution in [-0.2, 0) is 0 Å². The van der Waals surface area contributed by atoms with E-state index in [0.717, 1.165) is 31.7 Å². The van der Waals surface area contributed by atoms with E-state index >= 15 is 0 Å². The van der Waals surface area contributed by atoms with Crippen LogP contribution in [0, 0.1) is 5.41 Å². The molecule has 0 bridgehead atoms. The van der Waals surface area contributed by atoms with E-state index in [1.807, 2.05) is 17.0 Å². The predicted molar refractivity (Wildman–Crippen MR) is 94.9 cm³/mol. The molecule has 0 saturated carbocycles. The Hall–Kier alpha value is -1.55. The van der Waals surface area contributed by atoms with Crippen molar-refractivity contribution in [2.75, 3.05) is 38.5 Å². The Bertz CT molecular complexity index is 554. The molecule has 1 unspecified atom stereocenters. The van der Waals surface area contributed by atoms with Gasteiger partial charge in [0.05, 0.1) is 0 Å². The van der Waals surface area contributed by atoms with Crippen LogP contribution in [0.2, 0.25) is 0 Å². The Morgan fingerprint density at radius 3 is 2.52 bits per heavy atom. The summed E-state index contributed by atoms with van der Waals surface area (Å²) in [6.07, 6.45) is 3.64. The number of urea groups is 1. The molecule has 0 aromatic heterocycles. The molecular weight excluding hydrogens is 286 g/mol. The van der Waals surface area contributed by atoms with Crippen LogP contribution in [0.5, 0.6) is 0 Å². The third-order valence-corrected chi connectivity index (χ3v) is 5.41. The van der Waals surface area contributed by atoms with Gasteiger partial charge in [0.15, 0.2) is 0 Å². The molecule has 1 atom stereocenters. The molecule has 2 heterocycles. The van der Waals surface area contributed by atoms with Gasteiger partial charge in [-0.1, -0.05) is 26.0 Å². The van der Waals surface area contributed by atoms with Gasteiger partial charge in [-0.3, -0.25) is 0 Å². The number of likely N-dealkylation sites (tertiary alicyclic amines) is 2. The van der Waals surface area contributed by atoms with Crippen molar-refractivity contribution in [1.82, 2.24) is 9.80 Å². The Morgan fingerprint density at radius 2 is 1.87 bits per heavy atom. The summed E-state index contributed by atoms with van der Waals surface area (Å²) >= 11 is 0. The topological polar surface area (TPSA) is 35.6 Å². The van der Waals surface area contributed by atoms with Gasteiger partial charge < -0.3 is 15.1 Å². The zero-order valence-corrected chi connectivity index (χ0v) is 14.6. The van der Waals surface area contributed by atoms with Crippen molar-refractivity contribution in [2.24, 2.45) is 5.41 Å². The highest BCUT2D eigenvalue weighted by molar-refractivity contribution is 5.89. The number of amides is 2. The number of hydrogen-bond acceptors (Lipinski definition) is 2. The molecule has 23 heavy (non-hydrogen) atoms. The maximum absolute atomic E-state index is 12.5. The molecule has 4 nitrogen and oxygen atoms in total. The minimum atomic E-state index is 0.0485. The first kappa shape index (κ1) is 16.3. The molecule has 0 radical (unpaired) electrons. The number of rotatable bonds is 2. The van der Waals surface area contributed by atoms with Crippen LogP contribution < -0.4 is 5.32 Å². The first-order chi connectivity index (χ1) is 11.0. The summed E-state index contributed by atoms with van der Waals surface area (Å²) in [5, 5.41) is 3.06. The van der Waals surface area contributed by atoms with Gasteiger partial charge in [-0.15, -0.1) is 0 Å². The van der Waals surface area contributed by atoms with Crippen LogP contribution in [0.1, 0.15) is 44.6 Å². The fourth-order valence-electron chi connectivity index (χ4n) is 4.05. The SMILES string of the molecule is CC(C)c1ccc(NC(=O)N2CCC3(CCCN(C)C3)C2)cc1. The summed E-state index contributed by atoms with van der Waals surface area (Å²) in [7, 11) is 2.19. The molecule has 1 aromatic carbocycles. The highest BCUT2D eigenvalue weighted by Gasteiger charge is 2.42. The molecular formula is C19H29N3O. The average molecular weight is 315 g/mol. The monoisotopic (exact) mass is 315 g/mol. The second kappa shape index (κ2) is 6.52. The summed E-state index contributed by atoms with van der Waals surface area (Å²) in [6.45, 7) is 8.45. The lowest BCUT2D eigenvalue weighted by Crippen LogP contribution is -2.44. The van der Waals surface area contributed by atoms with Gasteiger partial charge in [0.2, 0.25) is 0 Å². The lowest BCUT2D eigenvalue weighted by molar-refractivity contribution is 0.117. The molecule has 1 aromatic rings. The molecule has 1 spiro atoms. The zero-order chi connectivity index (χ0) is 16.4. The molecule has 2 aliphatic rings. The molecule has 3 rings (SSSR count). The molecule has 4 heteroatoms. The Labute approximate surface area is 139 Å². The quantitative estimate of drug-likeness (QED) is 0.902. The molecule has 2 amide bonds. The van der Waals surface area contributed by atoms with Crippen molar-refractivity contribution in [3.8, 4) is 0 Å². The van der Waals surface area contributed by atoms with E-state index in [2.05, 4.69) is 43.2 Å². The van der Waals surface area contributed by atoms with Gasteiger partial charge >= 0.3 is 6.03 Å². The minimum Gasteiger partial charge on any atom is -0.324 e. The van der Waals surface area contributed by atoms with E-state index in [9.17, 15) is 4.79 Å². The maximum atomic E-state index is 12.5. The Morgan fingerprint density at radius 1 is 1.13 bits per heavy atom.